The second-order valence-electron chi connectivity index (χ2n) is 6.72. The van der Waals surface area contributed by atoms with E-state index in [-0.39, 0.29) is 18.1 Å². The van der Waals surface area contributed by atoms with Crippen LogP contribution < -0.4 is 9.47 Å². The molecule has 0 bridgehead atoms. The second-order valence-corrected chi connectivity index (χ2v) is 9.81. The molecule has 0 saturated carbocycles. The zero-order valence-corrected chi connectivity index (χ0v) is 20.7. The van der Waals surface area contributed by atoms with Gasteiger partial charge in [-0.25, -0.2) is 0 Å². The number of thiophene rings is 1. The van der Waals surface area contributed by atoms with E-state index in [4.69, 9.17) is 32.7 Å². The molecule has 0 amide bonds. The van der Waals surface area contributed by atoms with Gasteiger partial charge in [0.1, 0.15) is 18.1 Å². The van der Waals surface area contributed by atoms with Crippen molar-refractivity contribution in [3.63, 3.8) is 0 Å². The lowest BCUT2D eigenvalue weighted by atomic mass is 10.3. The zero-order valence-electron chi connectivity index (χ0n) is 17.5. The van der Waals surface area contributed by atoms with E-state index in [0.717, 1.165) is 11.4 Å². The first kappa shape index (κ1) is 23.6. The summed E-state index contributed by atoms with van der Waals surface area (Å²) in [5.41, 5.74) is 0.823. The standard InChI is InChI=1S/C23H19Cl2N3O3S2/c1-2-30-17-7-9-18(10-8-17)31-13-22-26-27-23(28(22)16-5-3-15(24)4-6-16)32-14-19(29)20-11-12-21(25)33-20/h3-12H,2,13-14H2,1H3. The number of ether oxygens (including phenoxy) is 2. The van der Waals surface area contributed by atoms with Gasteiger partial charge in [-0.1, -0.05) is 35.0 Å². The average Bonchev–Trinajstić information content (AvgIpc) is 3.44. The fourth-order valence-electron chi connectivity index (χ4n) is 2.95. The molecule has 33 heavy (non-hydrogen) atoms. The van der Waals surface area contributed by atoms with Crippen LogP contribution in [0.1, 0.15) is 22.4 Å². The number of ketones is 1. The molecule has 0 aliphatic carbocycles. The van der Waals surface area contributed by atoms with E-state index >= 15 is 0 Å². The highest BCUT2D eigenvalue weighted by atomic mass is 35.5. The first-order chi connectivity index (χ1) is 16.0. The van der Waals surface area contributed by atoms with Crippen molar-refractivity contribution in [1.29, 1.82) is 0 Å². The smallest absolute Gasteiger partial charge is 0.196 e. The van der Waals surface area contributed by atoms with Crippen LogP contribution in [0, 0.1) is 0 Å². The van der Waals surface area contributed by atoms with Crippen molar-refractivity contribution in [1.82, 2.24) is 14.8 Å². The number of Topliss-reactive ketones (excluding diaryl/α,β-unsaturated/α-hetero) is 1. The summed E-state index contributed by atoms with van der Waals surface area (Å²) in [5, 5.41) is 9.82. The van der Waals surface area contributed by atoms with Crippen molar-refractivity contribution in [2.24, 2.45) is 0 Å². The lowest BCUT2D eigenvalue weighted by molar-refractivity contribution is 0.102. The first-order valence-electron chi connectivity index (χ1n) is 10.0. The molecule has 0 fully saturated rings. The Balaban J connectivity index is 1.53. The highest BCUT2D eigenvalue weighted by molar-refractivity contribution is 7.99. The van der Waals surface area contributed by atoms with Gasteiger partial charge in [0.05, 0.1) is 21.6 Å². The first-order valence-corrected chi connectivity index (χ1v) is 12.6. The van der Waals surface area contributed by atoms with E-state index in [9.17, 15) is 4.79 Å². The molecule has 170 valence electrons. The maximum absolute atomic E-state index is 12.5. The molecule has 0 aliphatic heterocycles. The van der Waals surface area contributed by atoms with Gasteiger partial charge in [-0.3, -0.25) is 9.36 Å². The van der Waals surface area contributed by atoms with Crippen LogP contribution in [-0.4, -0.2) is 32.9 Å². The van der Waals surface area contributed by atoms with Gasteiger partial charge in [-0.2, -0.15) is 0 Å². The van der Waals surface area contributed by atoms with E-state index in [1.807, 2.05) is 47.9 Å². The summed E-state index contributed by atoms with van der Waals surface area (Å²) in [6.07, 6.45) is 0. The van der Waals surface area contributed by atoms with Crippen LogP contribution in [0.25, 0.3) is 5.69 Å². The zero-order chi connectivity index (χ0) is 23.2. The third-order valence-corrected chi connectivity index (χ3v) is 6.92. The average molecular weight is 520 g/mol. The number of halogens is 2. The van der Waals surface area contributed by atoms with Gasteiger partial charge in [0.2, 0.25) is 0 Å². The Morgan fingerprint density at radius 1 is 0.970 bits per heavy atom. The van der Waals surface area contributed by atoms with Crippen molar-refractivity contribution < 1.29 is 14.3 Å². The van der Waals surface area contributed by atoms with Gasteiger partial charge in [0.15, 0.2) is 16.8 Å². The molecule has 0 aliphatic rings. The Labute approximate surface area is 209 Å². The Morgan fingerprint density at radius 2 is 1.67 bits per heavy atom. The Kier molecular flexibility index (Phi) is 7.93. The molecule has 6 nitrogen and oxygen atoms in total. The molecule has 0 spiro atoms. The number of thioether (sulfide) groups is 1. The maximum atomic E-state index is 12.5. The van der Waals surface area contributed by atoms with Crippen LogP contribution in [0.15, 0.2) is 65.8 Å². The molecule has 10 heteroatoms. The minimum Gasteiger partial charge on any atom is -0.494 e. The molecule has 4 aromatic rings. The highest BCUT2D eigenvalue weighted by Gasteiger charge is 2.18. The number of carbonyl (C=O) groups excluding carboxylic acids is 1. The summed E-state index contributed by atoms with van der Waals surface area (Å²) in [4.78, 5) is 13.2. The quantitative estimate of drug-likeness (QED) is 0.174. The Bertz CT molecular complexity index is 1220. The van der Waals surface area contributed by atoms with Gasteiger partial charge < -0.3 is 9.47 Å². The number of rotatable bonds is 10. The van der Waals surface area contributed by atoms with Gasteiger partial charge in [-0.15, -0.1) is 21.5 Å². The molecule has 2 heterocycles. The highest BCUT2D eigenvalue weighted by Crippen LogP contribution is 2.27. The van der Waals surface area contributed by atoms with E-state index in [1.165, 1.54) is 23.1 Å². The van der Waals surface area contributed by atoms with Crippen molar-refractivity contribution in [3.05, 3.63) is 80.7 Å². The minimum absolute atomic E-state index is 0.0188. The lowest BCUT2D eigenvalue weighted by Crippen LogP contribution is -2.07. The lowest BCUT2D eigenvalue weighted by Gasteiger charge is -2.11. The van der Waals surface area contributed by atoms with Gasteiger partial charge in [-0.05, 0) is 67.6 Å². The molecule has 2 aromatic heterocycles. The summed E-state index contributed by atoms with van der Waals surface area (Å²) in [7, 11) is 0. The minimum atomic E-state index is -0.0188. The number of hydrogen-bond acceptors (Lipinski definition) is 7. The molecule has 0 saturated heterocycles. The van der Waals surface area contributed by atoms with Gasteiger partial charge >= 0.3 is 0 Å². The van der Waals surface area contributed by atoms with Crippen LogP contribution in [0.5, 0.6) is 11.5 Å². The third-order valence-electron chi connectivity index (χ3n) is 4.47. The maximum Gasteiger partial charge on any atom is 0.196 e. The van der Waals surface area contributed by atoms with Crippen molar-refractivity contribution >= 4 is 52.1 Å². The van der Waals surface area contributed by atoms with Crippen LogP contribution >= 0.6 is 46.3 Å². The second kappa shape index (κ2) is 11.1. The molecule has 0 unspecified atom stereocenters. The van der Waals surface area contributed by atoms with Crippen LogP contribution in [-0.2, 0) is 6.61 Å². The van der Waals surface area contributed by atoms with Crippen molar-refractivity contribution in [2.45, 2.75) is 18.7 Å². The van der Waals surface area contributed by atoms with Crippen LogP contribution in [0.4, 0.5) is 0 Å². The van der Waals surface area contributed by atoms with Crippen LogP contribution in [0.2, 0.25) is 9.36 Å². The SMILES string of the molecule is CCOc1ccc(OCc2nnc(SCC(=O)c3ccc(Cl)s3)n2-c2ccc(Cl)cc2)cc1. The number of carbonyl (C=O) groups is 1. The Morgan fingerprint density at radius 3 is 2.30 bits per heavy atom. The van der Waals surface area contributed by atoms with E-state index < -0.39 is 0 Å². The molecule has 0 radical (unpaired) electrons. The predicted molar refractivity (Wildman–Crippen MR) is 133 cm³/mol. The fraction of sp³-hybridized carbons (Fsp3) is 0.174. The van der Waals surface area contributed by atoms with Gasteiger partial charge in [0, 0.05) is 10.7 Å². The molecule has 0 N–H and O–H groups in total. The van der Waals surface area contributed by atoms with E-state index in [1.54, 1.807) is 24.3 Å². The summed E-state index contributed by atoms with van der Waals surface area (Å²) in [6, 6.07) is 18.2. The number of nitrogens with zero attached hydrogens (tertiary/aromatic N) is 3. The largest absolute Gasteiger partial charge is 0.494 e. The molecule has 2 aromatic carbocycles. The normalized spacial score (nSPS) is 10.9. The summed E-state index contributed by atoms with van der Waals surface area (Å²) < 4.78 is 13.8. The van der Waals surface area contributed by atoms with E-state index in [0.29, 0.717) is 37.6 Å². The van der Waals surface area contributed by atoms with Crippen molar-refractivity contribution in [2.75, 3.05) is 12.4 Å². The monoisotopic (exact) mass is 519 g/mol. The van der Waals surface area contributed by atoms with Gasteiger partial charge in [0.25, 0.3) is 0 Å². The number of hydrogen-bond donors (Lipinski definition) is 0. The fourth-order valence-corrected chi connectivity index (χ4v) is 5.00. The number of aromatic nitrogens is 3. The third kappa shape index (κ3) is 6.09. The Hall–Kier alpha value is -2.52. The molecular weight excluding hydrogens is 501 g/mol. The summed E-state index contributed by atoms with van der Waals surface area (Å²) in [6.45, 7) is 2.73. The van der Waals surface area contributed by atoms with E-state index in [2.05, 4.69) is 10.2 Å². The predicted octanol–water partition coefficient (Wildman–Crippen LogP) is 6.59. The van der Waals surface area contributed by atoms with Crippen LogP contribution in [0.3, 0.4) is 0 Å². The van der Waals surface area contributed by atoms with Crippen molar-refractivity contribution in [3.8, 4) is 17.2 Å². The molecule has 0 atom stereocenters. The summed E-state index contributed by atoms with van der Waals surface area (Å²) in [5.74, 6) is 2.25. The molecular formula is C23H19Cl2N3O3S2. The number of benzene rings is 2. The topological polar surface area (TPSA) is 66.2 Å². The summed E-state index contributed by atoms with van der Waals surface area (Å²) >= 11 is 14.6. The molecule has 4 rings (SSSR count).